The molecule has 0 N–H and O–H groups in total. The topological polar surface area (TPSA) is 13.1 Å². The highest BCUT2D eigenvalue weighted by Gasteiger charge is 2.18. The summed E-state index contributed by atoms with van der Waals surface area (Å²) in [4.78, 5) is 0. The van der Waals surface area contributed by atoms with Crippen molar-refractivity contribution in [1.82, 2.24) is 0 Å². The second kappa shape index (κ2) is 9.19. The molecular formula is C46H26O. The van der Waals surface area contributed by atoms with Gasteiger partial charge in [0.2, 0.25) is 0 Å². The van der Waals surface area contributed by atoms with Crippen LogP contribution in [0.25, 0.3) is 109 Å². The Morgan fingerprint density at radius 1 is 0.277 bits per heavy atom. The summed E-state index contributed by atoms with van der Waals surface area (Å²) >= 11 is 0. The predicted octanol–water partition coefficient (Wildman–Crippen LogP) is 13.3. The van der Waals surface area contributed by atoms with Crippen LogP contribution in [0, 0.1) is 0 Å². The fourth-order valence-corrected chi connectivity index (χ4v) is 8.19. The van der Waals surface area contributed by atoms with Gasteiger partial charge in [0.15, 0.2) is 0 Å². The Labute approximate surface area is 270 Å². The van der Waals surface area contributed by atoms with E-state index in [0.717, 1.165) is 21.9 Å². The molecule has 0 saturated carbocycles. The van der Waals surface area contributed by atoms with Crippen molar-refractivity contribution in [2.24, 2.45) is 0 Å². The smallest absolute Gasteiger partial charge is 0.136 e. The Balaban J connectivity index is 1.16. The molecular weight excluding hydrogens is 569 g/mol. The van der Waals surface area contributed by atoms with Crippen LogP contribution in [0.5, 0.6) is 0 Å². The van der Waals surface area contributed by atoms with Crippen LogP contribution in [0.15, 0.2) is 162 Å². The van der Waals surface area contributed by atoms with Crippen molar-refractivity contribution in [1.29, 1.82) is 0 Å². The average Bonchev–Trinajstić information content (AvgIpc) is 3.49. The highest BCUT2D eigenvalue weighted by Crippen LogP contribution is 2.45. The predicted molar refractivity (Wildman–Crippen MR) is 201 cm³/mol. The minimum Gasteiger partial charge on any atom is -0.456 e. The molecule has 1 nitrogen and oxygen atoms in total. The summed E-state index contributed by atoms with van der Waals surface area (Å²) in [6, 6.07) is 57.9. The first-order valence-electron chi connectivity index (χ1n) is 16.3. The van der Waals surface area contributed by atoms with Crippen LogP contribution in [0.3, 0.4) is 0 Å². The second-order valence-electron chi connectivity index (χ2n) is 12.8. The van der Waals surface area contributed by atoms with Gasteiger partial charge in [0.25, 0.3) is 0 Å². The van der Waals surface area contributed by atoms with Gasteiger partial charge >= 0.3 is 0 Å². The van der Waals surface area contributed by atoms with E-state index < -0.39 is 0 Å². The van der Waals surface area contributed by atoms with Crippen LogP contribution < -0.4 is 0 Å². The maximum Gasteiger partial charge on any atom is 0.136 e. The van der Waals surface area contributed by atoms with Crippen molar-refractivity contribution in [3.05, 3.63) is 158 Å². The van der Waals surface area contributed by atoms with Crippen molar-refractivity contribution in [3.63, 3.8) is 0 Å². The van der Waals surface area contributed by atoms with Crippen molar-refractivity contribution in [2.75, 3.05) is 0 Å². The zero-order chi connectivity index (χ0) is 30.6. The van der Waals surface area contributed by atoms with Crippen LogP contribution in [0.4, 0.5) is 0 Å². The van der Waals surface area contributed by atoms with Gasteiger partial charge in [-0.3, -0.25) is 0 Å². The molecule has 0 aliphatic heterocycles. The number of fused-ring (bicyclic) bond motifs is 7. The molecule has 47 heavy (non-hydrogen) atoms. The minimum absolute atomic E-state index is 0.920. The molecule has 0 spiro atoms. The van der Waals surface area contributed by atoms with Crippen molar-refractivity contribution in [3.8, 4) is 22.3 Å². The first-order chi connectivity index (χ1) is 23.3. The van der Waals surface area contributed by atoms with Gasteiger partial charge < -0.3 is 4.42 Å². The molecule has 0 amide bonds. The van der Waals surface area contributed by atoms with Crippen LogP contribution in [-0.4, -0.2) is 0 Å². The lowest BCUT2D eigenvalue weighted by atomic mass is 9.85. The van der Waals surface area contributed by atoms with Crippen molar-refractivity contribution >= 4 is 86.6 Å². The zero-order valence-corrected chi connectivity index (χ0v) is 25.4. The molecule has 0 aliphatic carbocycles. The normalized spacial score (nSPS) is 12.3. The summed E-state index contributed by atoms with van der Waals surface area (Å²) < 4.78 is 6.48. The van der Waals surface area contributed by atoms with Gasteiger partial charge in [-0.15, -0.1) is 0 Å². The summed E-state index contributed by atoms with van der Waals surface area (Å²) in [5.41, 5.74) is 6.79. The zero-order valence-electron chi connectivity index (χ0n) is 25.4. The van der Waals surface area contributed by atoms with E-state index in [4.69, 9.17) is 4.42 Å². The average molecular weight is 595 g/mol. The van der Waals surface area contributed by atoms with Gasteiger partial charge in [-0.1, -0.05) is 127 Å². The second-order valence-corrected chi connectivity index (χ2v) is 12.8. The van der Waals surface area contributed by atoms with Gasteiger partial charge in [-0.2, -0.15) is 0 Å². The van der Waals surface area contributed by atoms with Crippen LogP contribution >= 0.6 is 0 Å². The fourth-order valence-electron chi connectivity index (χ4n) is 8.19. The van der Waals surface area contributed by atoms with Crippen molar-refractivity contribution < 1.29 is 4.42 Å². The molecule has 216 valence electrons. The van der Waals surface area contributed by atoms with E-state index in [1.807, 2.05) is 0 Å². The van der Waals surface area contributed by atoms with E-state index in [1.54, 1.807) is 0 Å². The SMILES string of the molecule is c1ccc2cc3c(cc2c1)oc1cc(-c2ccc4ccc5c(-c6cc7ccccc7c7ccccc67)ccc6ccc2c4c65)ccc13. The minimum atomic E-state index is 0.920. The summed E-state index contributed by atoms with van der Waals surface area (Å²) in [5, 5.41) is 17.6. The Kier molecular flexibility index (Phi) is 4.90. The first-order valence-corrected chi connectivity index (χ1v) is 16.3. The Bertz CT molecular complexity index is 3070. The van der Waals surface area contributed by atoms with Gasteiger partial charge in [0, 0.05) is 10.8 Å². The first kappa shape index (κ1) is 25.1. The van der Waals surface area contributed by atoms with Gasteiger partial charge in [-0.25, -0.2) is 0 Å². The summed E-state index contributed by atoms with van der Waals surface area (Å²) in [6.45, 7) is 0. The van der Waals surface area contributed by atoms with Gasteiger partial charge in [-0.05, 0) is 117 Å². The molecule has 0 radical (unpaired) electrons. The maximum absolute atomic E-state index is 6.48. The monoisotopic (exact) mass is 594 g/mol. The number of hydrogen-bond acceptors (Lipinski definition) is 1. The van der Waals surface area contributed by atoms with E-state index >= 15 is 0 Å². The van der Waals surface area contributed by atoms with Gasteiger partial charge in [0.1, 0.15) is 11.2 Å². The molecule has 0 atom stereocenters. The summed E-state index contributed by atoms with van der Waals surface area (Å²) in [6.07, 6.45) is 0. The lowest BCUT2D eigenvalue weighted by Crippen LogP contribution is -1.90. The molecule has 10 aromatic carbocycles. The third-order valence-electron chi connectivity index (χ3n) is 10.4. The van der Waals surface area contributed by atoms with E-state index in [-0.39, 0.29) is 0 Å². The lowest BCUT2D eigenvalue weighted by Gasteiger charge is -2.18. The molecule has 0 aliphatic rings. The molecule has 1 aromatic heterocycles. The van der Waals surface area contributed by atoms with E-state index in [9.17, 15) is 0 Å². The number of benzene rings is 10. The molecule has 1 heteroatoms. The third kappa shape index (κ3) is 3.49. The molecule has 11 rings (SSSR count). The Morgan fingerprint density at radius 3 is 1.64 bits per heavy atom. The van der Waals surface area contributed by atoms with Crippen LogP contribution in [-0.2, 0) is 0 Å². The summed E-state index contributed by atoms with van der Waals surface area (Å²) in [5.74, 6) is 0. The maximum atomic E-state index is 6.48. The Morgan fingerprint density at radius 2 is 0.851 bits per heavy atom. The Hall–Kier alpha value is -6.18. The quantitative estimate of drug-likeness (QED) is 0.182. The van der Waals surface area contributed by atoms with E-state index in [1.165, 1.54) is 86.9 Å². The van der Waals surface area contributed by atoms with Crippen molar-refractivity contribution in [2.45, 2.75) is 0 Å². The fraction of sp³-hybridized carbons (Fsp3) is 0. The third-order valence-corrected chi connectivity index (χ3v) is 10.4. The number of furan rings is 1. The highest BCUT2D eigenvalue weighted by atomic mass is 16.3. The molecule has 1 heterocycles. The molecule has 0 bridgehead atoms. The van der Waals surface area contributed by atoms with E-state index in [2.05, 4.69) is 158 Å². The van der Waals surface area contributed by atoms with E-state index in [0.29, 0.717) is 0 Å². The largest absolute Gasteiger partial charge is 0.456 e. The molecule has 11 aromatic rings. The standard InChI is InChI=1S/C46H26O/c1-2-8-30-25-44-42(23-29(30)7-1)38-20-17-32(26-43(38)47-44)34-18-13-27-16-22-40-37(19-14-28-15-21-39(34)45(27)46(28)40)41-24-31-9-3-4-10-33(31)35-11-5-6-12-36(35)41/h1-26H. The molecule has 0 fully saturated rings. The lowest BCUT2D eigenvalue weighted by molar-refractivity contribution is 0.669. The van der Waals surface area contributed by atoms with Crippen LogP contribution in [0.1, 0.15) is 0 Å². The van der Waals surface area contributed by atoms with Gasteiger partial charge in [0.05, 0.1) is 0 Å². The number of rotatable bonds is 2. The molecule has 0 saturated heterocycles. The molecule has 0 unspecified atom stereocenters. The highest BCUT2D eigenvalue weighted by molar-refractivity contribution is 6.29. The number of hydrogen-bond donors (Lipinski definition) is 0. The van der Waals surface area contributed by atoms with Crippen LogP contribution in [0.2, 0.25) is 0 Å². The summed E-state index contributed by atoms with van der Waals surface area (Å²) in [7, 11) is 0.